The van der Waals surface area contributed by atoms with Gasteiger partial charge in [0, 0.05) is 5.92 Å². The molecule has 3 aliphatic carbocycles. The highest BCUT2D eigenvalue weighted by Gasteiger charge is 2.42. The fraction of sp³-hybridized carbons (Fsp3) is 0.846. The van der Waals surface area contributed by atoms with Crippen LogP contribution >= 0.6 is 0 Å². The molecule has 3 aliphatic rings. The molecule has 0 aromatic heterocycles. The van der Waals surface area contributed by atoms with E-state index in [1.807, 2.05) is 5.57 Å². The summed E-state index contributed by atoms with van der Waals surface area (Å²) in [6, 6.07) is 0. The number of allylic oxidation sites excluding steroid dienone is 4. The van der Waals surface area contributed by atoms with E-state index in [1.165, 1.54) is 109 Å². The fourth-order valence-corrected chi connectivity index (χ4v) is 5.73. The molecule has 0 amide bonds. The maximum Gasteiger partial charge on any atom is 0.00240 e. The van der Waals surface area contributed by atoms with Gasteiger partial charge >= 0.3 is 0 Å². The normalized spacial score (nSPS) is 29.5. The topological polar surface area (TPSA) is 0 Å². The Kier molecular flexibility index (Phi) is 8.34. The van der Waals surface area contributed by atoms with Crippen molar-refractivity contribution >= 4 is 0 Å². The molecule has 0 N–H and O–H groups in total. The first-order valence-electron chi connectivity index (χ1n) is 12.3. The summed E-state index contributed by atoms with van der Waals surface area (Å²) in [5.41, 5.74) is 5.44. The lowest BCUT2D eigenvalue weighted by Gasteiger charge is -2.41. The third-order valence-corrected chi connectivity index (χ3v) is 7.47. The van der Waals surface area contributed by atoms with E-state index in [1.54, 1.807) is 11.1 Å². The van der Waals surface area contributed by atoms with Crippen molar-refractivity contribution in [2.24, 2.45) is 17.8 Å². The van der Waals surface area contributed by atoms with Gasteiger partial charge in [-0.2, -0.15) is 0 Å². The van der Waals surface area contributed by atoms with Crippen LogP contribution in [0.1, 0.15) is 123 Å². The van der Waals surface area contributed by atoms with Gasteiger partial charge < -0.3 is 0 Å². The number of fused-ring (bicyclic) bond motifs is 1. The van der Waals surface area contributed by atoms with Gasteiger partial charge in [-0.05, 0) is 49.2 Å². The smallest absolute Gasteiger partial charge is 0.00240 e. The first kappa shape index (κ1) is 20.2. The Morgan fingerprint density at radius 3 is 2.00 bits per heavy atom. The van der Waals surface area contributed by atoms with Gasteiger partial charge in [-0.15, -0.1) is 0 Å². The van der Waals surface area contributed by atoms with Crippen molar-refractivity contribution in [2.75, 3.05) is 0 Å². The Balaban J connectivity index is 1.40. The maximum atomic E-state index is 2.62. The first-order chi connectivity index (χ1) is 12.8. The second kappa shape index (κ2) is 10.7. The minimum Gasteiger partial charge on any atom is -0.0729 e. The lowest BCUT2D eigenvalue weighted by molar-refractivity contribution is 0.314. The number of rotatable bonds is 9. The van der Waals surface area contributed by atoms with Crippen molar-refractivity contribution < 1.29 is 0 Å². The molecule has 0 spiro atoms. The number of unbranched alkanes of at least 4 members (excludes halogenated alkanes) is 6. The van der Waals surface area contributed by atoms with Crippen LogP contribution in [0.15, 0.2) is 22.8 Å². The van der Waals surface area contributed by atoms with Gasteiger partial charge in [0.15, 0.2) is 0 Å². The van der Waals surface area contributed by atoms with Crippen LogP contribution in [0.4, 0.5) is 0 Å². The summed E-state index contributed by atoms with van der Waals surface area (Å²) in [6.45, 7) is 4.78. The summed E-state index contributed by atoms with van der Waals surface area (Å²) < 4.78 is 0. The largest absolute Gasteiger partial charge is 0.0729 e. The molecule has 3 atom stereocenters. The number of hydrogen-bond donors (Lipinski definition) is 0. The maximum absolute atomic E-state index is 2.62. The zero-order valence-corrected chi connectivity index (χ0v) is 17.8. The van der Waals surface area contributed by atoms with Gasteiger partial charge in [-0.3, -0.25) is 0 Å². The van der Waals surface area contributed by atoms with E-state index < -0.39 is 0 Å². The van der Waals surface area contributed by atoms with Gasteiger partial charge in [0.1, 0.15) is 0 Å². The van der Waals surface area contributed by atoms with Crippen molar-refractivity contribution in [3.05, 3.63) is 22.8 Å². The molecule has 0 heterocycles. The van der Waals surface area contributed by atoms with Crippen molar-refractivity contribution in [3.63, 3.8) is 0 Å². The molecule has 148 valence electrons. The molecule has 3 rings (SSSR count). The van der Waals surface area contributed by atoms with Crippen molar-refractivity contribution in [1.82, 2.24) is 0 Å². The van der Waals surface area contributed by atoms with Gasteiger partial charge in [0.2, 0.25) is 0 Å². The zero-order chi connectivity index (χ0) is 18.2. The lowest BCUT2D eigenvalue weighted by atomic mass is 9.63. The fourth-order valence-electron chi connectivity index (χ4n) is 5.73. The van der Waals surface area contributed by atoms with Crippen LogP contribution in [-0.2, 0) is 0 Å². The van der Waals surface area contributed by atoms with Crippen molar-refractivity contribution in [1.29, 1.82) is 0 Å². The van der Waals surface area contributed by atoms with E-state index in [9.17, 15) is 0 Å². The minimum atomic E-state index is 0.870. The SMILES string of the molecule is CCCCCCCCCC1C=C1C1=C(C)C2CCCCCCCCCC12. The zero-order valence-electron chi connectivity index (χ0n) is 17.8. The highest BCUT2D eigenvalue weighted by atomic mass is 14.5. The van der Waals surface area contributed by atoms with Crippen LogP contribution in [0.2, 0.25) is 0 Å². The van der Waals surface area contributed by atoms with Gasteiger partial charge in [-0.1, -0.05) is 108 Å². The molecule has 0 saturated heterocycles. The van der Waals surface area contributed by atoms with Gasteiger partial charge in [0.25, 0.3) is 0 Å². The molecular formula is C26H44. The molecule has 26 heavy (non-hydrogen) atoms. The summed E-state index contributed by atoms with van der Waals surface area (Å²) in [6.07, 6.45) is 27.5. The quantitative estimate of drug-likeness (QED) is 0.362. The predicted molar refractivity (Wildman–Crippen MR) is 115 cm³/mol. The van der Waals surface area contributed by atoms with Crippen LogP contribution in [-0.4, -0.2) is 0 Å². The van der Waals surface area contributed by atoms with Crippen LogP contribution in [0.25, 0.3) is 0 Å². The van der Waals surface area contributed by atoms with E-state index in [0.717, 1.165) is 17.8 Å². The summed E-state index contributed by atoms with van der Waals surface area (Å²) in [4.78, 5) is 0. The molecular weight excluding hydrogens is 312 g/mol. The van der Waals surface area contributed by atoms with Crippen LogP contribution in [0, 0.1) is 17.8 Å². The summed E-state index contributed by atoms with van der Waals surface area (Å²) in [5.74, 6) is 2.76. The molecule has 3 unspecified atom stereocenters. The van der Waals surface area contributed by atoms with Crippen LogP contribution in [0.5, 0.6) is 0 Å². The van der Waals surface area contributed by atoms with E-state index in [2.05, 4.69) is 19.9 Å². The molecule has 0 nitrogen and oxygen atoms in total. The molecule has 0 heteroatoms. The molecule has 1 saturated carbocycles. The Labute approximate surface area is 163 Å². The van der Waals surface area contributed by atoms with Gasteiger partial charge in [-0.25, -0.2) is 0 Å². The number of hydrogen-bond acceptors (Lipinski definition) is 0. The third kappa shape index (κ3) is 5.49. The third-order valence-electron chi connectivity index (χ3n) is 7.47. The van der Waals surface area contributed by atoms with Crippen molar-refractivity contribution in [2.45, 2.75) is 123 Å². The molecule has 0 bridgehead atoms. The standard InChI is InChI=1S/C26H44/c1-3-4-5-6-8-11-14-17-22-20-25(22)26-21(2)23-18-15-12-9-7-10-13-16-19-24(23)26/h20,22-24H,3-19H2,1-2H3. The second-order valence-electron chi connectivity index (χ2n) is 9.50. The van der Waals surface area contributed by atoms with E-state index in [0.29, 0.717) is 0 Å². The lowest BCUT2D eigenvalue weighted by Crippen LogP contribution is -2.30. The van der Waals surface area contributed by atoms with Crippen LogP contribution < -0.4 is 0 Å². The Morgan fingerprint density at radius 1 is 0.731 bits per heavy atom. The molecule has 0 radical (unpaired) electrons. The Bertz CT molecular complexity index is 480. The Hall–Kier alpha value is -0.520. The monoisotopic (exact) mass is 356 g/mol. The summed E-state index contributed by atoms with van der Waals surface area (Å²) in [7, 11) is 0. The minimum absolute atomic E-state index is 0.870. The summed E-state index contributed by atoms with van der Waals surface area (Å²) >= 11 is 0. The summed E-state index contributed by atoms with van der Waals surface area (Å²) in [5, 5.41) is 0. The highest BCUT2D eigenvalue weighted by Crippen LogP contribution is 2.55. The molecule has 0 aliphatic heterocycles. The highest BCUT2D eigenvalue weighted by molar-refractivity contribution is 5.55. The van der Waals surface area contributed by atoms with Gasteiger partial charge in [0.05, 0.1) is 0 Å². The predicted octanol–water partition coefficient (Wildman–Crippen LogP) is 8.77. The van der Waals surface area contributed by atoms with E-state index in [4.69, 9.17) is 0 Å². The molecule has 0 aromatic rings. The second-order valence-corrected chi connectivity index (χ2v) is 9.50. The average Bonchev–Trinajstić information content (AvgIpc) is 3.40. The van der Waals surface area contributed by atoms with E-state index >= 15 is 0 Å². The van der Waals surface area contributed by atoms with Crippen LogP contribution in [0.3, 0.4) is 0 Å². The Morgan fingerprint density at radius 2 is 1.31 bits per heavy atom. The van der Waals surface area contributed by atoms with Crippen molar-refractivity contribution in [3.8, 4) is 0 Å². The first-order valence-corrected chi connectivity index (χ1v) is 12.3. The van der Waals surface area contributed by atoms with E-state index in [-0.39, 0.29) is 0 Å². The molecule has 0 aromatic carbocycles. The average molecular weight is 357 g/mol. The molecule has 1 fully saturated rings.